The van der Waals surface area contributed by atoms with E-state index in [1.807, 2.05) is 4.90 Å². The molecule has 2 aliphatic heterocycles. The molecule has 2 fully saturated rings. The van der Waals surface area contributed by atoms with Crippen LogP contribution in [0.1, 0.15) is 19.3 Å². The second kappa shape index (κ2) is 6.15. The molecule has 0 spiro atoms. The second-order valence-corrected chi connectivity index (χ2v) is 4.81. The van der Waals surface area contributed by atoms with Gasteiger partial charge in [-0.15, -0.1) is 0 Å². The van der Waals surface area contributed by atoms with Crippen LogP contribution in [0.15, 0.2) is 0 Å². The number of carboxylic acid groups (broad SMARTS) is 1. The van der Waals surface area contributed by atoms with Crippen molar-refractivity contribution in [1.82, 2.24) is 9.80 Å². The van der Waals surface area contributed by atoms with E-state index in [1.165, 1.54) is 0 Å². The van der Waals surface area contributed by atoms with Crippen molar-refractivity contribution in [2.45, 2.75) is 25.4 Å². The topological polar surface area (TPSA) is 70.1 Å². The van der Waals surface area contributed by atoms with Gasteiger partial charge in [0, 0.05) is 39.3 Å². The zero-order valence-electron chi connectivity index (χ0n) is 10.5. The van der Waals surface area contributed by atoms with Crippen molar-refractivity contribution >= 4 is 11.9 Å². The zero-order valence-corrected chi connectivity index (χ0v) is 10.5. The van der Waals surface area contributed by atoms with Gasteiger partial charge in [-0.1, -0.05) is 0 Å². The molecular weight excluding hydrogens is 236 g/mol. The Labute approximate surface area is 106 Å². The largest absolute Gasteiger partial charge is 0.481 e. The van der Waals surface area contributed by atoms with Gasteiger partial charge in [0.2, 0.25) is 0 Å². The molecule has 2 aliphatic rings. The van der Waals surface area contributed by atoms with Crippen LogP contribution in [0.2, 0.25) is 0 Å². The van der Waals surface area contributed by atoms with Gasteiger partial charge in [-0.05, 0) is 12.8 Å². The third kappa shape index (κ3) is 3.43. The van der Waals surface area contributed by atoms with Crippen molar-refractivity contribution in [3.8, 4) is 0 Å². The molecule has 2 heterocycles. The Kier molecular flexibility index (Phi) is 4.54. The number of amides is 1. The highest BCUT2D eigenvalue weighted by Gasteiger charge is 2.30. The summed E-state index contributed by atoms with van der Waals surface area (Å²) in [6.45, 7) is 4.13. The number of hydrogen-bond donors (Lipinski definition) is 1. The smallest absolute Gasteiger partial charge is 0.304 e. The van der Waals surface area contributed by atoms with E-state index in [0.717, 1.165) is 25.9 Å². The molecule has 6 nitrogen and oxygen atoms in total. The van der Waals surface area contributed by atoms with Gasteiger partial charge in [-0.2, -0.15) is 0 Å². The summed E-state index contributed by atoms with van der Waals surface area (Å²) in [5.74, 6) is -0.668. The van der Waals surface area contributed by atoms with Crippen molar-refractivity contribution in [3.05, 3.63) is 0 Å². The maximum absolute atomic E-state index is 12.1. The van der Waals surface area contributed by atoms with Gasteiger partial charge in [-0.3, -0.25) is 14.5 Å². The molecule has 0 aliphatic carbocycles. The summed E-state index contributed by atoms with van der Waals surface area (Å²) in [5, 5.41) is 8.62. The number of carbonyl (C=O) groups excluding carboxylic acids is 1. The quantitative estimate of drug-likeness (QED) is 0.753. The van der Waals surface area contributed by atoms with E-state index in [4.69, 9.17) is 9.84 Å². The Balaban J connectivity index is 1.72. The van der Waals surface area contributed by atoms with Crippen LogP contribution in [0, 0.1) is 0 Å². The number of rotatable bonds is 4. The monoisotopic (exact) mass is 256 g/mol. The molecule has 0 aromatic heterocycles. The summed E-state index contributed by atoms with van der Waals surface area (Å²) in [6, 6.07) is 0. The third-order valence-electron chi connectivity index (χ3n) is 3.53. The maximum atomic E-state index is 12.1. The summed E-state index contributed by atoms with van der Waals surface area (Å²) in [4.78, 5) is 26.5. The summed E-state index contributed by atoms with van der Waals surface area (Å²) < 4.78 is 5.39. The summed E-state index contributed by atoms with van der Waals surface area (Å²) in [6.07, 6.45) is 1.72. The van der Waals surface area contributed by atoms with Gasteiger partial charge in [0.15, 0.2) is 0 Å². The van der Waals surface area contributed by atoms with Crippen molar-refractivity contribution in [3.63, 3.8) is 0 Å². The Morgan fingerprint density at radius 3 is 2.50 bits per heavy atom. The van der Waals surface area contributed by atoms with Gasteiger partial charge in [0.25, 0.3) is 5.91 Å². The number of piperazine rings is 1. The molecule has 0 bridgehead atoms. The van der Waals surface area contributed by atoms with E-state index in [-0.39, 0.29) is 18.4 Å². The second-order valence-electron chi connectivity index (χ2n) is 4.81. The van der Waals surface area contributed by atoms with Crippen LogP contribution in [0.3, 0.4) is 0 Å². The lowest BCUT2D eigenvalue weighted by Gasteiger charge is -2.35. The first-order chi connectivity index (χ1) is 8.66. The standard InChI is InChI=1S/C12H20N2O4/c15-11(16)3-4-13-5-7-14(8-6-13)12(17)10-2-1-9-18-10/h10H,1-9H2,(H,15,16)/t10-/m1/s1. The zero-order chi connectivity index (χ0) is 13.0. The van der Waals surface area contributed by atoms with Gasteiger partial charge < -0.3 is 14.7 Å². The molecular formula is C12H20N2O4. The first-order valence-corrected chi connectivity index (χ1v) is 6.51. The average Bonchev–Trinajstić information content (AvgIpc) is 2.90. The SMILES string of the molecule is O=C(O)CCN1CCN(C(=O)[C@H]2CCCO2)CC1. The fourth-order valence-electron chi connectivity index (χ4n) is 2.42. The van der Waals surface area contributed by atoms with Crippen LogP contribution < -0.4 is 0 Å². The minimum Gasteiger partial charge on any atom is -0.481 e. The molecule has 0 aromatic carbocycles. The molecule has 102 valence electrons. The molecule has 1 amide bonds. The van der Waals surface area contributed by atoms with Gasteiger partial charge in [-0.25, -0.2) is 0 Å². The lowest BCUT2D eigenvalue weighted by Crippen LogP contribution is -2.51. The minimum absolute atomic E-state index is 0.102. The lowest BCUT2D eigenvalue weighted by atomic mass is 10.2. The molecule has 18 heavy (non-hydrogen) atoms. The van der Waals surface area contributed by atoms with Gasteiger partial charge in [0.1, 0.15) is 6.10 Å². The highest BCUT2D eigenvalue weighted by Crippen LogP contribution is 2.15. The minimum atomic E-state index is -0.770. The summed E-state index contributed by atoms with van der Waals surface area (Å²) in [7, 11) is 0. The Morgan fingerprint density at radius 1 is 1.22 bits per heavy atom. The highest BCUT2D eigenvalue weighted by atomic mass is 16.5. The van der Waals surface area contributed by atoms with Gasteiger partial charge >= 0.3 is 5.97 Å². The molecule has 6 heteroatoms. The van der Waals surface area contributed by atoms with E-state index in [0.29, 0.717) is 26.2 Å². The molecule has 0 unspecified atom stereocenters. The van der Waals surface area contributed by atoms with Crippen molar-refractivity contribution in [2.24, 2.45) is 0 Å². The molecule has 0 saturated carbocycles. The fourth-order valence-corrected chi connectivity index (χ4v) is 2.42. The van der Waals surface area contributed by atoms with Crippen LogP contribution in [0.25, 0.3) is 0 Å². The number of hydrogen-bond acceptors (Lipinski definition) is 4. The van der Waals surface area contributed by atoms with E-state index in [2.05, 4.69) is 4.90 Å². The normalized spacial score (nSPS) is 25.3. The number of carbonyl (C=O) groups is 2. The molecule has 0 aromatic rings. The maximum Gasteiger partial charge on any atom is 0.304 e. The van der Waals surface area contributed by atoms with E-state index in [1.54, 1.807) is 0 Å². The first-order valence-electron chi connectivity index (χ1n) is 6.51. The van der Waals surface area contributed by atoms with E-state index >= 15 is 0 Å². The summed E-state index contributed by atoms with van der Waals surface area (Å²) in [5.41, 5.74) is 0. The predicted octanol–water partition coefficient (Wildman–Crippen LogP) is -0.216. The molecule has 2 saturated heterocycles. The van der Waals surface area contributed by atoms with Crippen molar-refractivity contribution in [1.29, 1.82) is 0 Å². The Hall–Kier alpha value is -1.14. The van der Waals surface area contributed by atoms with E-state index in [9.17, 15) is 9.59 Å². The van der Waals surface area contributed by atoms with Gasteiger partial charge in [0.05, 0.1) is 6.42 Å². The van der Waals surface area contributed by atoms with Crippen LogP contribution in [-0.4, -0.2) is 72.2 Å². The molecule has 1 N–H and O–H groups in total. The van der Waals surface area contributed by atoms with E-state index < -0.39 is 5.97 Å². The highest BCUT2D eigenvalue weighted by molar-refractivity contribution is 5.81. The number of aliphatic carboxylic acids is 1. The number of nitrogens with zero attached hydrogens (tertiary/aromatic N) is 2. The number of ether oxygens (including phenoxy) is 1. The third-order valence-corrected chi connectivity index (χ3v) is 3.53. The molecule has 2 rings (SSSR count). The van der Waals surface area contributed by atoms with Crippen LogP contribution in [0.5, 0.6) is 0 Å². The Bertz CT molecular complexity index is 307. The van der Waals surface area contributed by atoms with Crippen LogP contribution in [-0.2, 0) is 14.3 Å². The predicted molar refractivity (Wildman–Crippen MR) is 64.2 cm³/mol. The molecule has 0 radical (unpaired) electrons. The van der Waals surface area contributed by atoms with Crippen LogP contribution >= 0.6 is 0 Å². The van der Waals surface area contributed by atoms with Crippen LogP contribution in [0.4, 0.5) is 0 Å². The van der Waals surface area contributed by atoms with Crippen molar-refractivity contribution < 1.29 is 19.4 Å². The number of carboxylic acids is 1. The Morgan fingerprint density at radius 2 is 1.94 bits per heavy atom. The van der Waals surface area contributed by atoms with Crippen molar-refractivity contribution in [2.75, 3.05) is 39.3 Å². The molecule has 1 atom stereocenters. The lowest BCUT2D eigenvalue weighted by molar-refractivity contribution is -0.143. The first kappa shape index (κ1) is 13.3. The fraction of sp³-hybridized carbons (Fsp3) is 0.833. The average molecular weight is 256 g/mol. The summed E-state index contributed by atoms with van der Waals surface area (Å²) >= 11 is 0.